The lowest BCUT2D eigenvalue weighted by atomic mass is 10.1. The van der Waals surface area contributed by atoms with Crippen molar-refractivity contribution in [3.05, 3.63) is 12.2 Å². The van der Waals surface area contributed by atoms with Crippen LogP contribution >= 0.6 is 0 Å². The van der Waals surface area contributed by atoms with Gasteiger partial charge in [0.2, 0.25) is 0 Å². The van der Waals surface area contributed by atoms with E-state index in [-0.39, 0.29) is 13.2 Å². The number of hydrogen-bond donors (Lipinski definition) is 2. The van der Waals surface area contributed by atoms with E-state index in [4.69, 9.17) is 14.9 Å². The van der Waals surface area contributed by atoms with Crippen molar-refractivity contribution in [1.29, 1.82) is 0 Å². The van der Waals surface area contributed by atoms with Gasteiger partial charge in [-0.1, -0.05) is 70.4 Å². The predicted octanol–water partition coefficient (Wildman–Crippen LogP) is 5.00. The molecule has 138 valence electrons. The summed E-state index contributed by atoms with van der Waals surface area (Å²) >= 11 is 0. The Hall–Kier alpha value is -0.380. The summed E-state index contributed by atoms with van der Waals surface area (Å²) in [7, 11) is 0. The fraction of sp³-hybridized carbons (Fsp3) is 0.900. The maximum absolute atomic E-state index is 9.10. The van der Waals surface area contributed by atoms with Crippen molar-refractivity contribution in [1.82, 2.24) is 0 Å². The predicted molar refractivity (Wildman–Crippen MR) is 98.7 cm³/mol. The number of unbranched alkanes of at least 4 members (excludes halogenated alkanes) is 11. The number of allylic oxidation sites excluding steroid dienone is 2. The molecule has 0 fully saturated rings. The van der Waals surface area contributed by atoms with Crippen LogP contribution in [0.4, 0.5) is 0 Å². The van der Waals surface area contributed by atoms with Gasteiger partial charge in [-0.3, -0.25) is 0 Å². The largest absolute Gasteiger partial charge is 0.394 e. The lowest BCUT2D eigenvalue weighted by Crippen LogP contribution is -2.19. The number of hydrogen-bond acceptors (Lipinski definition) is 3. The zero-order valence-corrected chi connectivity index (χ0v) is 15.3. The molecular formula is C20H40O3. The molecule has 2 N–H and O–H groups in total. The Balaban J connectivity index is 3.07. The molecule has 0 aromatic rings. The first kappa shape index (κ1) is 22.6. The molecule has 0 rings (SSSR count). The number of aliphatic hydroxyl groups is 2. The summed E-state index contributed by atoms with van der Waals surface area (Å²) in [5.41, 5.74) is 0. The highest BCUT2D eigenvalue weighted by Crippen LogP contribution is 2.09. The van der Waals surface area contributed by atoms with Crippen molar-refractivity contribution in [2.45, 2.75) is 96.5 Å². The van der Waals surface area contributed by atoms with E-state index in [1.807, 2.05) is 0 Å². The SMILES string of the molecule is CCCCCCCC=CCCCCCCCCOCC(O)CO. The van der Waals surface area contributed by atoms with Gasteiger partial charge in [-0.25, -0.2) is 0 Å². The van der Waals surface area contributed by atoms with Gasteiger partial charge in [-0.15, -0.1) is 0 Å². The smallest absolute Gasteiger partial charge is 0.100 e. The average Bonchev–Trinajstić information content (AvgIpc) is 2.57. The van der Waals surface area contributed by atoms with Crippen LogP contribution in [-0.4, -0.2) is 36.1 Å². The first-order valence-electron chi connectivity index (χ1n) is 9.83. The van der Waals surface area contributed by atoms with E-state index in [0.717, 1.165) is 6.42 Å². The number of aliphatic hydroxyl groups excluding tert-OH is 2. The van der Waals surface area contributed by atoms with E-state index in [1.165, 1.54) is 77.0 Å². The zero-order valence-electron chi connectivity index (χ0n) is 15.3. The van der Waals surface area contributed by atoms with Crippen molar-refractivity contribution in [3.63, 3.8) is 0 Å². The van der Waals surface area contributed by atoms with Crippen LogP contribution in [-0.2, 0) is 4.74 Å². The highest BCUT2D eigenvalue weighted by molar-refractivity contribution is 4.81. The van der Waals surface area contributed by atoms with Gasteiger partial charge >= 0.3 is 0 Å². The second-order valence-corrected chi connectivity index (χ2v) is 6.50. The quantitative estimate of drug-likeness (QED) is 0.275. The van der Waals surface area contributed by atoms with Crippen LogP contribution in [0, 0.1) is 0 Å². The van der Waals surface area contributed by atoms with Crippen LogP contribution in [0.3, 0.4) is 0 Å². The zero-order chi connectivity index (χ0) is 17.0. The monoisotopic (exact) mass is 328 g/mol. The van der Waals surface area contributed by atoms with E-state index in [9.17, 15) is 0 Å². The molecule has 0 heterocycles. The molecule has 0 amide bonds. The van der Waals surface area contributed by atoms with Crippen LogP contribution in [0.2, 0.25) is 0 Å². The van der Waals surface area contributed by atoms with Crippen LogP contribution in [0.25, 0.3) is 0 Å². The number of ether oxygens (including phenoxy) is 1. The van der Waals surface area contributed by atoms with Crippen molar-refractivity contribution in [3.8, 4) is 0 Å². The third-order valence-corrected chi connectivity index (χ3v) is 4.07. The first-order chi connectivity index (χ1) is 11.3. The molecule has 3 heteroatoms. The second-order valence-electron chi connectivity index (χ2n) is 6.50. The molecule has 23 heavy (non-hydrogen) atoms. The summed E-state index contributed by atoms with van der Waals surface area (Å²) < 4.78 is 5.28. The van der Waals surface area contributed by atoms with E-state index in [0.29, 0.717) is 6.61 Å². The normalized spacial score (nSPS) is 13.0. The molecule has 0 saturated carbocycles. The third kappa shape index (κ3) is 19.6. The highest BCUT2D eigenvalue weighted by Gasteiger charge is 2.00. The van der Waals surface area contributed by atoms with E-state index >= 15 is 0 Å². The maximum Gasteiger partial charge on any atom is 0.100 e. The van der Waals surface area contributed by atoms with E-state index < -0.39 is 6.10 Å². The molecule has 3 nitrogen and oxygen atoms in total. The van der Waals surface area contributed by atoms with Gasteiger partial charge in [0.1, 0.15) is 6.10 Å². The minimum atomic E-state index is -0.723. The summed E-state index contributed by atoms with van der Waals surface area (Å²) in [5.74, 6) is 0. The average molecular weight is 329 g/mol. The lowest BCUT2D eigenvalue weighted by molar-refractivity contribution is 0.00526. The molecule has 0 spiro atoms. The number of rotatable bonds is 18. The molecule has 0 bridgehead atoms. The molecule has 0 aromatic heterocycles. The van der Waals surface area contributed by atoms with Crippen LogP contribution in [0.15, 0.2) is 12.2 Å². The van der Waals surface area contributed by atoms with E-state index in [2.05, 4.69) is 19.1 Å². The summed E-state index contributed by atoms with van der Waals surface area (Å²) in [6, 6.07) is 0. The Morgan fingerprint density at radius 1 is 0.783 bits per heavy atom. The summed E-state index contributed by atoms with van der Waals surface area (Å²) in [5, 5.41) is 17.7. The molecule has 1 atom stereocenters. The van der Waals surface area contributed by atoms with Gasteiger partial charge in [0.25, 0.3) is 0 Å². The van der Waals surface area contributed by atoms with Crippen LogP contribution in [0.5, 0.6) is 0 Å². The van der Waals surface area contributed by atoms with Crippen molar-refractivity contribution < 1.29 is 14.9 Å². The highest BCUT2D eigenvalue weighted by atomic mass is 16.5. The molecule has 0 aromatic carbocycles. The van der Waals surface area contributed by atoms with Crippen LogP contribution in [0.1, 0.15) is 90.4 Å². The Labute approximate surface area is 144 Å². The lowest BCUT2D eigenvalue weighted by Gasteiger charge is -2.07. The van der Waals surface area contributed by atoms with Crippen molar-refractivity contribution in [2.24, 2.45) is 0 Å². The molecule has 0 aliphatic rings. The summed E-state index contributed by atoms with van der Waals surface area (Å²) in [6.07, 6.45) is 20.8. The van der Waals surface area contributed by atoms with Gasteiger partial charge < -0.3 is 14.9 Å². The molecule has 1 unspecified atom stereocenters. The van der Waals surface area contributed by atoms with Gasteiger partial charge in [-0.2, -0.15) is 0 Å². The Kier molecular flexibility index (Phi) is 19.3. The minimum Gasteiger partial charge on any atom is -0.394 e. The van der Waals surface area contributed by atoms with Gasteiger partial charge in [0.15, 0.2) is 0 Å². The maximum atomic E-state index is 9.10. The molecule has 0 aliphatic heterocycles. The fourth-order valence-electron chi connectivity index (χ4n) is 2.55. The van der Waals surface area contributed by atoms with Gasteiger partial charge in [0, 0.05) is 6.61 Å². The first-order valence-corrected chi connectivity index (χ1v) is 9.83. The summed E-state index contributed by atoms with van der Waals surface area (Å²) in [6.45, 7) is 2.99. The van der Waals surface area contributed by atoms with Crippen LogP contribution < -0.4 is 0 Å². The Bertz CT molecular complexity index is 241. The molecule has 0 aliphatic carbocycles. The second kappa shape index (κ2) is 19.7. The topological polar surface area (TPSA) is 49.7 Å². The Morgan fingerprint density at radius 2 is 1.30 bits per heavy atom. The molecular weight excluding hydrogens is 288 g/mol. The van der Waals surface area contributed by atoms with Gasteiger partial charge in [-0.05, 0) is 32.1 Å². The van der Waals surface area contributed by atoms with Crippen molar-refractivity contribution in [2.75, 3.05) is 19.8 Å². The van der Waals surface area contributed by atoms with Gasteiger partial charge in [0.05, 0.1) is 13.2 Å². The third-order valence-electron chi connectivity index (χ3n) is 4.07. The Morgan fingerprint density at radius 3 is 1.87 bits per heavy atom. The summed E-state index contributed by atoms with van der Waals surface area (Å²) in [4.78, 5) is 0. The standard InChI is InChI=1S/C20H40O3/c1-2-3-4-5-6-7-8-9-10-11-12-13-14-15-16-17-23-19-20(22)18-21/h8-9,20-22H,2-7,10-19H2,1H3. The van der Waals surface area contributed by atoms with E-state index in [1.54, 1.807) is 0 Å². The minimum absolute atomic E-state index is 0.215. The fourth-order valence-corrected chi connectivity index (χ4v) is 2.55. The molecule has 0 radical (unpaired) electrons. The van der Waals surface area contributed by atoms with Crippen molar-refractivity contribution >= 4 is 0 Å². The molecule has 0 saturated heterocycles.